The molecule has 1 saturated heterocycles. The molecule has 2 aromatic heterocycles. The van der Waals surface area contributed by atoms with E-state index in [1.807, 2.05) is 0 Å². The first-order valence-electron chi connectivity index (χ1n) is 10.4. The second-order valence-corrected chi connectivity index (χ2v) is 8.74. The zero-order valence-corrected chi connectivity index (χ0v) is 19.6. The molecule has 1 aliphatic carbocycles. The molecule has 2 fully saturated rings. The summed E-state index contributed by atoms with van der Waals surface area (Å²) in [5.41, 5.74) is 1.22. The number of hydrogen-bond acceptors (Lipinski definition) is 9. The summed E-state index contributed by atoms with van der Waals surface area (Å²) in [6, 6.07) is 0.366. The fraction of sp³-hybridized carbons (Fsp3) is 0.600. The summed E-state index contributed by atoms with van der Waals surface area (Å²) < 4.78 is 18.9. The number of imidazole rings is 1. The van der Waals surface area contributed by atoms with Crippen LogP contribution >= 0.6 is 22.6 Å². The Morgan fingerprint density at radius 1 is 1.23 bits per heavy atom. The highest BCUT2D eigenvalue weighted by Gasteiger charge is 2.40. The van der Waals surface area contributed by atoms with Gasteiger partial charge in [0, 0.05) is 48.9 Å². The fourth-order valence-corrected chi connectivity index (χ4v) is 4.50. The van der Waals surface area contributed by atoms with Crippen molar-refractivity contribution in [3.8, 4) is 0 Å². The zero-order valence-electron chi connectivity index (χ0n) is 17.4. The van der Waals surface area contributed by atoms with Crippen molar-refractivity contribution in [3.63, 3.8) is 0 Å². The zero-order chi connectivity index (χ0) is 22.0. The molecule has 0 bridgehead atoms. The van der Waals surface area contributed by atoms with Crippen LogP contribution in [0.5, 0.6) is 0 Å². The minimum atomic E-state index is -0.678. The number of nitrogens with one attached hydrogen (secondary N) is 1. The Hall–Kier alpha value is -2.02. The van der Waals surface area contributed by atoms with Crippen molar-refractivity contribution in [2.45, 2.75) is 70.4 Å². The molecule has 3 atom stereocenters. The molecule has 1 saturated carbocycles. The lowest BCUT2D eigenvalue weighted by Crippen LogP contribution is -2.25. The minimum absolute atomic E-state index is 0.0389. The number of anilines is 1. The molecule has 2 aromatic rings. The van der Waals surface area contributed by atoms with Gasteiger partial charge in [0.2, 0.25) is 0 Å². The normalized spacial score (nSPS) is 24.3. The molecule has 1 aliphatic heterocycles. The van der Waals surface area contributed by atoms with E-state index in [0.717, 1.165) is 12.8 Å². The lowest BCUT2D eigenvalue weighted by atomic mass is 9.95. The highest BCUT2D eigenvalue weighted by molar-refractivity contribution is 14.1. The summed E-state index contributed by atoms with van der Waals surface area (Å²) in [4.78, 5) is 36.5. The number of esters is 2. The molecule has 2 aliphatic rings. The molecule has 3 heterocycles. The molecule has 0 aromatic carbocycles. The highest BCUT2D eigenvalue weighted by Crippen LogP contribution is 2.34. The molecule has 1 N–H and O–H groups in total. The van der Waals surface area contributed by atoms with Crippen LogP contribution in [0.2, 0.25) is 0 Å². The molecule has 4 rings (SSSR count). The SMILES string of the molecule is CC(=O)OC[C@H]1[CH][C@@H](OC(C)=O)[C@H](n2cnc3c(NC4CCCCC4)nc(I)nc32)O1. The molecular formula is C20H25IN5O5. The molecule has 0 unspecified atom stereocenters. The first kappa shape index (κ1) is 22.2. The number of rotatable bonds is 6. The largest absolute Gasteiger partial charge is 0.463 e. The summed E-state index contributed by atoms with van der Waals surface area (Å²) in [6.45, 7) is 2.71. The predicted molar refractivity (Wildman–Crippen MR) is 119 cm³/mol. The smallest absolute Gasteiger partial charge is 0.303 e. The maximum Gasteiger partial charge on any atom is 0.303 e. The summed E-state index contributed by atoms with van der Waals surface area (Å²) in [5, 5.41) is 3.53. The van der Waals surface area contributed by atoms with E-state index >= 15 is 0 Å². The van der Waals surface area contributed by atoms with Crippen LogP contribution in [0.25, 0.3) is 11.2 Å². The van der Waals surface area contributed by atoms with Crippen LogP contribution < -0.4 is 5.32 Å². The quantitative estimate of drug-likeness (QED) is 0.334. The van der Waals surface area contributed by atoms with Crippen molar-refractivity contribution >= 4 is 51.5 Å². The van der Waals surface area contributed by atoms with Gasteiger partial charge in [-0.05, 0) is 12.8 Å². The lowest BCUT2D eigenvalue weighted by molar-refractivity contribution is -0.152. The number of carbonyl (C=O) groups is 2. The van der Waals surface area contributed by atoms with Crippen molar-refractivity contribution in [3.05, 3.63) is 16.6 Å². The van der Waals surface area contributed by atoms with Gasteiger partial charge in [-0.25, -0.2) is 15.0 Å². The average Bonchev–Trinajstić information content (AvgIpc) is 3.30. The first-order chi connectivity index (χ1) is 14.9. The molecule has 167 valence electrons. The molecule has 11 heteroatoms. The number of fused-ring (bicyclic) bond motifs is 1. The van der Waals surface area contributed by atoms with E-state index in [1.165, 1.54) is 33.1 Å². The molecule has 10 nitrogen and oxygen atoms in total. The number of ether oxygens (including phenoxy) is 3. The van der Waals surface area contributed by atoms with E-state index in [2.05, 4.69) is 42.9 Å². The van der Waals surface area contributed by atoms with Gasteiger partial charge in [0.05, 0.1) is 6.33 Å². The maximum absolute atomic E-state index is 11.6. The predicted octanol–water partition coefficient (Wildman–Crippen LogP) is 2.77. The third-order valence-electron chi connectivity index (χ3n) is 5.37. The third kappa shape index (κ3) is 5.25. The van der Waals surface area contributed by atoms with Crippen molar-refractivity contribution in [2.75, 3.05) is 11.9 Å². The van der Waals surface area contributed by atoms with Gasteiger partial charge in [-0.15, -0.1) is 0 Å². The Balaban J connectivity index is 1.62. The van der Waals surface area contributed by atoms with Crippen LogP contribution in [0.4, 0.5) is 5.82 Å². The third-order valence-corrected chi connectivity index (χ3v) is 5.85. The fourth-order valence-electron chi connectivity index (χ4n) is 4.03. The molecule has 1 radical (unpaired) electrons. The Morgan fingerprint density at radius 2 is 2.00 bits per heavy atom. The monoisotopic (exact) mass is 542 g/mol. The van der Waals surface area contributed by atoms with E-state index in [4.69, 9.17) is 14.2 Å². The van der Waals surface area contributed by atoms with E-state index < -0.39 is 30.4 Å². The molecular weight excluding hydrogens is 517 g/mol. The van der Waals surface area contributed by atoms with Gasteiger partial charge in [0.15, 0.2) is 33.1 Å². The van der Waals surface area contributed by atoms with Gasteiger partial charge < -0.3 is 19.5 Å². The summed E-state index contributed by atoms with van der Waals surface area (Å²) in [7, 11) is 0. The van der Waals surface area contributed by atoms with Gasteiger partial charge in [-0.1, -0.05) is 19.3 Å². The number of halogens is 1. The van der Waals surface area contributed by atoms with Crippen molar-refractivity contribution < 1.29 is 23.8 Å². The molecule has 0 spiro atoms. The summed E-state index contributed by atoms with van der Waals surface area (Å²) in [6.07, 6.45) is 7.36. The minimum Gasteiger partial charge on any atom is -0.463 e. The first-order valence-corrected chi connectivity index (χ1v) is 11.5. The van der Waals surface area contributed by atoms with Crippen molar-refractivity contribution in [1.82, 2.24) is 19.5 Å². The van der Waals surface area contributed by atoms with Crippen LogP contribution in [0.15, 0.2) is 6.33 Å². The Bertz CT molecular complexity index is 961. The van der Waals surface area contributed by atoms with Crippen LogP contribution in [-0.2, 0) is 23.8 Å². The molecule has 31 heavy (non-hydrogen) atoms. The Labute approximate surface area is 193 Å². The van der Waals surface area contributed by atoms with Gasteiger partial charge in [0.1, 0.15) is 12.7 Å². The second kappa shape index (κ2) is 9.63. The lowest BCUT2D eigenvalue weighted by Gasteiger charge is -2.23. The van der Waals surface area contributed by atoms with Crippen LogP contribution in [-0.4, -0.2) is 56.3 Å². The van der Waals surface area contributed by atoms with E-state index in [9.17, 15) is 9.59 Å². The van der Waals surface area contributed by atoms with Crippen LogP contribution in [0, 0.1) is 10.3 Å². The van der Waals surface area contributed by atoms with Crippen molar-refractivity contribution in [1.29, 1.82) is 0 Å². The maximum atomic E-state index is 11.6. The number of nitrogens with zero attached hydrogens (tertiary/aromatic N) is 4. The standard InChI is InChI=1S/C20H25IN5O5/c1-11(27)29-9-14-8-15(30-12(2)28)19(31-14)26-10-22-16-17(24-20(21)25-18(16)26)23-13-6-4-3-5-7-13/h8,10,13-15,19H,3-7,9H2,1-2H3,(H,23,24,25)/t14-,15-,19-/m1/s1. The Morgan fingerprint density at radius 3 is 2.71 bits per heavy atom. The van der Waals surface area contributed by atoms with Crippen LogP contribution in [0.1, 0.15) is 52.2 Å². The number of hydrogen-bond donors (Lipinski definition) is 1. The van der Waals surface area contributed by atoms with Crippen molar-refractivity contribution in [2.24, 2.45) is 0 Å². The summed E-state index contributed by atoms with van der Waals surface area (Å²) >= 11 is 2.08. The van der Waals surface area contributed by atoms with E-state index in [0.29, 0.717) is 26.9 Å². The summed E-state index contributed by atoms with van der Waals surface area (Å²) in [5.74, 6) is -0.142. The highest BCUT2D eigenvalue weighted by atomic mass is 127. The second-order valence-electron chi connectivity index (χ2n) is 7.78. The van der Waals surface area contributed by atoms with E-state index in [1.54, 1.807) is 17.3 Å². The van der Waals surface area contributed by atoms with Gasteiger partial charge >= 0.3 is 11.9 Å². The van der Waals surface area contributed by atoms with Gasteiger partial charge in [0.25, 0.3) is 0 Å². The number of aromatic nitrogens is 4. The number of carbonyl (C=O) groups excluding carboxylic acids is 2. The van der Waals surface area contributed by atoms with Crippen LogP contribution in [0.3, 0.4) is 0 Å². The molecule has 0 amide bonds. The van der Waals surface area contributed by atoms with Gasteiger partial charge in [-0.3, -0.25) is 14.2 Å². The van der Waals surface area contributed by atoms with E-state index in [-0.39, 0.29) is 6.61 Å². The topological polar surface area (TPSA) is 117 Å². The van der Waals surface area contributed by atoms with Gasteiger partial charge in [-0.2, -0.15) is 0 Å². The Kier molecular flexibility index (Phi) is 6.89. The average molecular weight is 542 g/mol.